The number of aryl methyl sites for hydroxylation is 1. The summed E-state index contributed by atoms with van der Waals surface area (Å²) in [6.45, 7) is 3.55. The highest BCUT2D eigenvalue weighted by atomic mass is 15.3. The summed E-state index contributed by atoms with van der Waals surface area (Å²) in [6.07, 6.45) is 12.1. The van der Waals surface area contributed by atoms with Crippen molar-refractivity contribution in [3.05, 3.63) is 70.7 Å². The fourth-order valence-electron chi connectivity index (χ4n) is 4.03. The number of aromatic nitrogens is 2. The molecular weight excluding hydrogens is 358 g/mol. The zero-order valence-electron chi connectivity index (χ0n) is 17.0. The van der Waals surface area contributed by atoms with Gasteiger partial charge < -0.3 is 10.6 Å². The summed E-state index contributed by atoms with van der Waals surface area (Å²) in [6, 6.07) is 12.8. The second-order valence-electron chi connectivity index (χ2n) is 7.42. The van der Waals surface area contributed by atoms with Crippen molar-refractivity contribution in [3.63, 3.8) is 0 Å². The number of hydrogen-bond acceptors (Lipinski definition) is 3. The molecule has 0 bridgehead atoms. The Hall–Kier alpha value is -3.36. The molecule has 0 unspecified atom stereocenters. The van der Waals surface area contributed by atoms with E-state index in [1.165, 1.54) is 22.3 Å². The van der Waals surface area contributed by atoms with Crippen LogP contribution in [0.2, 0.25) is 0 Å². The van der Waals surface area contributed by atoms with Gasteiger partial charge in [0.25, 0.3) is 0 Å². The topological polar surface area (TPSA) is 63.4 Å². The summed E-state index contributed by atoms with van der Waals surface area (Å²) >= 11 is 0. The molecule has 1 aliphatic heterocycles. The Morgan fingerprint density at radius 1 is 1.24 bits per heavy atom. The molecule has 0 atom stereocenters. The third-order valence-corrected chi connectivity index (χ3v) is 5.47. The number of rotatable bonds is 7. The molecule has 0 fully saturated rings. The molecule has 4 rings (SSSR count). The van der Waals surface area contributed by atoms with Crippen molar-refractivity contribution >= 4 is 29.4 Å². The highest BCUT2D eigenvalue weighted by molar-refractivity contribution is 5.75. The zero-order valence-corrected chi connectivity index (χ0v) is 17.0. The molecule has 5 nitrogen and oxygen atoms in total. The van der Waals surface area contributed by atoms with E-state index >= 15 is 0 Å². The number of benzene rings is 1. The highest BCUT2D eigenvalue weighted by Crippen LogP contribution is 2.25. The zero-order chi connectivity index (χ0) is 20.4. The van der Waals surface area contributed by atoms with Gasteiger partial charge in [0.1, 0.15) is 11.2 Å². The molecule has 0 spiro atoms. The minimum atomic E-state index is 0.529. The predicted octanol–water partition coefficient (Wildman–Crippen LogP) is 3.31. The summed E-state index contributed by atoms with van der Waals surface area (Å²) in [5.41, 5.74) is 14.4. The summed E-state index contributed by atoms with van der Waals surface area (Å²) in [4.78, 5) is 2.10. The molecule has 1 aliphatic rings. The third-order valence-electron chi connectivity index (χ3n) is 5.47. The van der Waals surface area contributed by atoms with Gasteiger partial charge in [-0.3, -0.25) is 0 Å². The van der Waals surface area contributed by atoms with Crippen molar-refractivity contribution in [3.8, 4) is 6.07 Å². The van der Waals surface area contributed by atoms with Crippen LogP contribution in [0.3, 0.4) is 0 Å². The molecular formula is C24H26N5+. The fourth-order valence-corrected chi connectivity index (χ4v) is 4.03. The van der Waals surface area contributed by atoms with Crippen molar-refractivity contribution in [1.82, 2.24) is 4.52 Å². The number of allylic oxidation sites excluding steroid dienone is 1. The molecule has 2 N–H and O–H groups in total. The van der Waals surface area contributed by atoms with Crippen molar-refractivity contribution in [2.45, 2.75) is 19.8 Å². The summed E-state index contributed by atoms with van der Waals surface area (Å²) in [5.74, 6) is 0. The van der Waals surface area contributed by atoms with Gasteiger partial charge in [-0.25, -0.2) is 0 Å². The van der Waals surface area contributed by atoms with Crippen LogP contribution in [0.1, 0.15) is 34.5 Å². The van der Waals surface area contributed by atoms with Crippen LogP contribution in [-0.2, 0) is 6.42 Å². The van der Waals surface area contributed by atoms with Gasteiger partial charge in [-0.2, -0.15) is 5.26 Å². The monoisotopic (exact) mass is 384 g/mol. The Morgan fingerprint density at radius 2 is 2.03 bits per heavy atom. The number of hydrogen-bond donors (Lipinski definition) is 1. The van der Waals surface area contributed by atoms with Crippen LogP contribution in [0.4, 0.5) is 5.69 Å². The first-order valence-corrected chi connectivity index (χ1v) is 9.97. The second kappa shape index (κ2) is 7.94. The Morgan fingerprint density at radius 3 is 2.76 bits per heavy atom. The smallest absolute Gasteiger partial charge is 0.242 e. The SMILES string of the molecule is Cc1cc(C=Cc2ccc(N(C)CCC#N)cc2)n2c1c(CCN)c1[n+]2=CC=C1. The van der Waals surface area contributed by atoms with Crippen LogP contribution in [-0.4, -0.2) is 24.7 Å². The van der Waals surface area contributed by atoms with Gasteiger partial charge in [-0.05, 0) is 55.3 Å². The van der Waals surface area contributed by atoms with E-state index in [2.05, 4.69) is 87.6 Å². The van der Waals surface area contributed by atoms with Gasteiger partial charge in [0.2, 0.25) is 11.9 Å². The van der Waals surface area contributed by atoms with Gasteiger partial charge in [0.05, 0.1) is 18.1 Å². The molecule has 146 valence electrons. The lowest BCUT2D eigenvalue weighted by Crippen LogP contribution is -2.24. The molecule has 0 radical (unpaired) electrons. The molecule has 1 aromatic carbocycles. The predicted molar refractivity (Wildman–Crippen MR) is 118 cm³/mol. The molecule has 3 aromatic rings. The largest absolute Gasteiger partial charge is 0.374 e. The van der Waals surface area contributed by atoms with Crippen molar-refractivity contribution in [2.75, 3.05) is 25.0 Å². The first-order chi connectivity index (χ1) is 14.1. The van der Waals surface area contributed by atoms with Crippen LogP contribution >= 0.6 is 0 Å². The highest BCUT2D eigenvalue weighted by Gasteiger charge is 2.26. The Bertz CT molecular complexity index is 1190. The summed E-state index contributed by atoms with van der Waals surface area (Å²) < 4.78 is 4.48. The van der Waals surface area contributed by atoms with E-state index < -0.39 is 0 Å². The third kappa shape index (κ3) is 3.43. The van der Waals surface area contributed by atoms with Crippen LogP contribution in [0.25, 0.3) is 23.7 Å². The molecule has 0 saturated carbocycles. The number of anilines is 1. The van der Waals surface area contributed by atoms with E-state index in [1.807, 2.05) is 7.05 Å². The van der Waals surface area contributed by atoms with Gasteiger partial charge in [0.15, 0.2) is 0 Å². The van der Waals surface area contributed by atoms with Crippen LogP contribution in [0.15, 0.2) is 36.4 Å². The second-order valence-corrected chi connectivity index (χ2v) is 7.42. The number of nitrogens with zero attached hydrogens (tertiary/aromatic N) is 4. The molecule has 0 amide bonds. The number of nitrogens with two attached hydrogens (primary N) is 1. The first kappa shape index (κ1) is 19.0. The van der Waals surface area contributed by atoms with Gasteiger partial charge in [-0.15, -0.1) is 4.52 Å². The first-order valence-electron chi connectivity index (χ1n) is 9.97. The average molecular weight is 385 g/mol. The van der Waals surface area contributed by atoms with E-state index in [4.69, 9.17) is 11.0 Å². The maximum atomic E-state index is 8.75. The lowest BCUT2D eigenvalue weighted by atomic mass is 10.1. The van der Waals surface area contributed by atoms with Crippen molar-refractivity contribution < 1.29 is 4.36 Å². The minimum absolute atomic E-state index is 0.529. The lowest BCUT2D eigenvalue weighted by Gasteiger charge is -2.17. The molecule has 29 heavy (non-hydrogen) atoms. The van der Waals surface area contributed by atoms with E-state index in [0.29, 0.717) is 13.0 Å². The van der Waals surface area contributed by atoms with Gasteiger partial charge in [-0.1, -0.05) is 22.6 Å². The normalized spacial score (nSPS) is 12.5. The van der Waals surface area contributed by atoms with Crippen LogP contribution in [0.5, 0.6) is 0 Å². The van der Waals surface area contributed by atoms with Gasteiger partial charge >= 0.3 is 0 Å². The van der Waals surface area contributed by atoms with E-state index in [1.54, 1.807) is 0 Å². The van der Waals surface area contributed by atoms with E-state index in [-0.39, 0.29) is 0 Å². The average Bonchev–Trinajstić information content (AvgIpc) is 3.40. The Kier molecular flexibility index (Phi) is 5.20. The molecule has 5 heteroatoms. The van der Waals surface area contributed by atoms with Crippen LogP contribution < -0.4 is 15.0 Å². The minimum Gasteiger partial charge on any atom is -0.374 e. The molecule has 0 saturated heterocycles. The molecule has 0 aliphatic carbocycles. The summed E-state index contributed by atoms with van der Waals surface area (Å²) in [5, 5.41) is 8.75. The Labute approximate surface area is 171 Å². The van der Waals surface area contributed by atoms with Crippen molar-refractivity contribution in [1.29, 1.82) is 5.26 Å². The molecule has 2 aromatic heterocycles. The fraction of sp³-hybridized carbons (Fsp3) is 0.250. The summed E-state index contributed by atoms with van der Waals surface area (Å²) in [7, 11) is 2.01. The maximum absolute atomic E-state index is 8.75. The van der Waals surface area contributed by atoms with Crippen LogP contribution in [0, 0.1) is 24.5 Å². The standard InChI is InChI=1S/C24H26N5/c1-18-17-21(29-24(18)22(12-14-26)23-5-3-16-28(23)29)11-8-19-6-9-20(10-7-19)27(2)15-4-13-25/h3,5-11,16-17H,4,12,14-15,26H2,1-2H3/q+1. The quantitative estimate of drug-likeness (QED) is 0.636. The number of nitriles is 1. The van der Waals surface area contributed by atoms with E-state index in [0.717, 1.165) is 29.9 Å². The molecule has 3 heterocycles. The Balaban J connectivity index is 1.65. The van der Waals surface area contributed by atoms with E-state index in [9.17, 15) is 0 Å². The number of fused-ring (bicyclic) bond motifs is 3. The van der Waals surface area contributed by atoms with Crippen molar-refractivity contribution in [2.24, 2.45) is 5.73 Å². The van der Waals surface area contributed by atoms with Gasteiger partial charge in [0, 0.05) is 31.4 Å². The lowest BCUT2D eigenvalue weighted by molar-refractivity contribution is -0.583. The maximum Gasteiger partial charge on any atom is 0.242 e.